The third-order valence-corrected chi connectivity index (χ3v) is 5.42. The molecule has 2 atom stereocenters. The molecule has 0 spiro atoms. The molecule has 0 saturated carbocycles. The van der Waals surface area contributed by atoms with Gasteiger partial charge >= 0.3 is 0 Å². The summed E-state index contributed by atoms with van der Waals surface area (Å²) in [4.78, 5) is 4.96. The van der Waals surface area contributed by atoms with Gasteiger partial charge in [0.15, 0.2) is 0 Å². The van der Waals surface area contributed by atoms with Gasteiger partial charge in [0.05, 0.1) is 11.6 Å². The van der Waals surface area contributed by atoms with Crippen LogP contribution in [-0.4, -0.2) is 31.7 Å². The Morgan fingerprint density at radius 1 is 1.00 bits per heavy atom. The average molecular weight is 278 g/mol. The van der Waals surface area contributed by atoms with Gasteiger partial charge in [-0.05, 0) is 37.6 Å². The van der Waals surface area contributed by atoms with Crippen molar-refractivity contribution in [3.63, 3.8) is 0 Å². The first-order chi connectivity index (χ1) is 10.1. The molecule has 2 heterocycles. The van der Waals surface area contributed by atoms with Crippen LogP contribution in [0.3, 0.4) is 0 Å². The number of fused-ring (bicyclic) bond motifs is 3. The Balaban J connectivity index is 1.97. The molecule has 0 aromatic heterocycles. The molecule has 2 nitrogen and oxygen atoms in total. The third kappa shape index (κ3) is 1.57. The minimum absolute atomic E-state index is 0.119. The van der Waals surface area contributed by atoms with Crippen LogP contribution >= 0.6 is 0 Å². The van der Waals surface area contributed by atoms with Crippen molar-refractivity contribution in [1.29, 1.82) is 0 Å². The van der Waals surface area contributed by atoms with Crippen LogP contribution in [0.15, 0.2) is 48.5 Å². The zero-order valence-electron chi connectivity index (χ0n) is 13.0. The van der Waals surface area contributed by atoms with E-state index in [1.165, 1.54) is 28.8 Å². The molecule has 0 bridgehead atoms. The molecule has 2 aliphatic heterocycles. The first-order valence-corrected chi connectivity index (χ1v) is 7.74. The molecule has 2 aromatic carbocycles. The summed E-state index contributed by atoms with van der Waals surface area (Å²) in [6, 6.07) is 18.1. The first-order valence-electron chi connectivity index (χ1n) is 7.74. The Morgan fingerprint density at radius 2 is 1.71 bits per heavy atom. The van der Waals surface area contributed by atoms with Crippen molar-refractivity contribution in [3.8, 4) is 0 Å². The fraction of sp³-hybridized carbons (Fsp3) is 0.368. The molecule has 4 rings (SSSR count). The number of aryl methyl sites for hydroxylation is 1. The van der Waals surface area contributed by atoms with Crippen LogP contribution < -0.4 is 4.90 Å². The van der Waals surface area contributed by atoms with Crippen molar-refractivity contribution in [2.24, 2.45) is 0 Å². The molecular formula is C19H22N2. The minimum Gasteiger partial charge on any atom is -0.357 e. The van der Waals surface area contributed by atoms with E-state index in [-0.39, 0.29) is 5.41 Å². The Kier molecular flexibility index (Phi) is 2.67. The van der Waals surface area contributed by atoms with Crippen molar-refractivity contribution in [1.82, 2.24) is 4.90 Å². The van der Waals surface area contributed by atoms with Crippen LogP contribution in [0.25, 0.3) is 0 Å². The molecule has 108 valence electrons. The van der Waals surface area contributed by atoms with Gasteiger partial charge in [0.25, 0.3) is 0 Å². The zero-order valence-corrected chi connectivity index (χ0v) is 13.0. The van der Waals surface area contributed by atoms with Crippen LogP contribution in [0.5, 0.6) is 0 Å². The normalized spacial score (nSPS) is 27.8. The van der Waals surface area contributed by atoms with Gasteiger partial charge in [-0.25, -0.2) is 0 Å². The van der Waals surface area contributed by atoms with E-state index in [4.69, 9.17) is 0 Å². The molecule has 2 aromatic rings. The Morgan fingerprint density at radius 3 is 2.48 bits per heavy atom. The molecule has 1 saturated heterocycles. The largest absolute Gasteiger partial charge is 0.357 e. The lowest BCUT2D eigenvalue weighted by atomic mass is 9.73. The summed E-state index contributed by atoms with van der Waals surface area (Å²) in [6.45, 7) is 3.31. The standard InChI is InChI=1S/C19H22N2/c1-14-8-10-15(11-9-14)19-12-13-20(2)18(19)21(3)17-7-5-4-6-16(17)19/h4-11,18H,12-13H2,1-3H3/t18?,19-/m0/s1. The summed E-state index contributed by atoms with van der Waals surface area (Å²) in [5.41, 5.74) is 5.78. The van der Waals surface area contributed by atoms with Gasteiger partial charge in [0.1, 0.15) is 0 Å². The molecule has 0 amide bonds. The maximum atomic E-state index is 2.50. The van der Waals surface area contributed by atoms with Gasteiger partial charge in [0, 0.05) is 19.3 Å². The van der Waals surface area contributed by atoms with Gasteiger partial charge in [-0.2, -0.15) is 0 Å². The molecule has 0 N–H and O–H groups in total. The van der Waals surface area contributed by atoms with Crippen molar-refractivity contribution in [2.75, 3.05) is 25.5 Å². The highest BCUT2D eigenvalue weighted by atomic mass is 15.4. The number of nitrogens with zero attached hydrogens (tertiary/aromatic N) is 2. The quantitative estimate of drug-likeness (QED) is 0.789. The zero-order chi connectivity index (χ0) is 14.6. The van der Waals surface area contributed by atoms with Crippen molar-refractivity contribution >= 4 is 5.69 Å². The van der Waals surface area contributed by atoms with Gasteiger partial charge in [-0.15, -0.1) is 0 Å². The molecule has 0 radical (unpaired) electrons. The summed E-state index contributed by atoms with van der Waals surface area (Å²) in [7, 11) is 4.49. The molecular weight excluding hydrogens is 256 g/mol. The Bertz CT molecular complexity index is 676. The van der Waals surface area contributed by atoms with Gasteiger partial charge < -0.3 is 4.90 Å². The Labute approximate surface area is 127 Å². The molecule has 2 aliphatic rings. The minimum atomic E-state index is 0.119. The van der Waals surface area contributed by atoms with Crippen LogP contribution in [0.4, 0.5) is 5.69 Å². The number of anilines is 1. The summed E-state index contributed by atoms with van der Waals surface area (Å²) in [5.74, 6) is 0. The summed E-state index contributed by atoms with van der Waals surface area (Å²) >= 11 is 0. The highest BCUT2D eigenvalue weighted by Crippen LogP contribution is 2.54. The van der Waals surface area contributed by atoms with Crippen molar-refractivity contribution in [2.45, 2.75) is 24.9 Å². The van der Waals surface area contributed by atoms with E-state index in [1.807, 2.05) is 0 Å². The van der Waals surface area contributed by atoms with E-state index < -0.39 is 0 Å². The second-order valence-corrected chi connectivity index (χ2v) is 6.57. The topological polar surface area (TPSA) is 6.48 Å². The number of benzene rings is 2. The lowest BCUT2D eigenvalue weighted by Gasteiger charge is -2.35. The fourth-order valence-corrected chi connectivity index (χ4v) is 4.47. The van der Waals surface area contributed by atoms with Gasteiger partial charge in [-0.3, -0.25) is 4.90 Å². The van der Waals surface area contributed by atoms with E-state index in [0.717, 1.165) is 6.54 Å². The van der Waals surface area contributed by atoms with E-state index in [9.17, 15) is 0 Å². The monoisotopic (exact) mass is 278 g/mol. The van der Waals surface area contributed by atoms with Crippen LogP contribution in [-0.2, 0) is 5.41 Å². The predicted octanol–water partition coefficient (Wildman–Crippen LogP) is 3.39. The molecule has 1 unspecified atom stereocenters. The smallest absolute Gasteiger partial charge is 0.0956 e. The Hall–Kier alpha value is -1.80. The van der Waals surface area contributed by atoms with Crippen LogP contribution in [0.2, 0.25) is 0 Å². The number of rotatable bonds is 1. The van der Waals surface area contributed by atoms with Crippen LogP contribution in [0.1, 0.15) is 23.1 Å². The van der Waals surface area contributed by atoms with Crippen molar-refractivity contribution < 1.29 is 0 Å². The summed E-state index contributed by atoms with van der Waals surface area (Å²) in [6.07, 6.45) is 1.62. The van der Waals surface area contributed by atoms with Gasteiger partial charge in [0.2, 0.25) is 0 Å². The molecule has 1 fully saturated rings. The first kappa shape index (κ1) is 12.9. The highest BCUT2D eigenvalue weighted by molar-refractivity contribution is 5.68. The van der Waals surface area contributed by atoms with E-state index >= 15 is 0 Å². The molecule has 21 heavy (non-hydrogen) atoms. The fourth-order valence-electron chi connectivity index (χ4n) is 4.47. The lowest BCUT2D eigenvalue weighted by molar-refractivity contribution is 0.278. The van der Waals surface area contributed by atoms with E-state index in [0.29, 0.717) is 6.17 Å². The second kappa shape index (κ2) is 4.35. The molecule has 2 heteroatoms. The third-order valence-electron chi connectivity index (χ3n) is 5.42. The lowest BCUT2D eigenvalue weighted by Crippen LogP contribution is -2.47. The number of para-hydroxylation sites is 1. The number of likely N-dealkylation sites (N-methyl/N-ethyl adjacent to an activating group) is 2. The SMILES string of the molecule is Cc1ccc([C@]23CCN(C)C2N(C)c2ccccc23)cc1. The predicted molar refractivity (Wildman–Crippen MR) is 87.8 cm³/mol. The van der Waals surface area contributed by atoms with Gasteiger partial charge in [-0.1, -0.05) is 48.0 Å². The number of likely N-dealkylation sites (tertiary alicyclic amines) is 1. The average Bonchev–Trinajstić information content (AvgIpc) is 2.97. The summed E-state index contributed by atoms with van der Waals surface area (Å²) in [5, 5.41) is 0. The van der Waals surface area contributed by atoms with E-state index in [1.54, 1.807) is 0 Å². The van der Waals surface area contributed by atoms with Crippen molar-refractivity contribution in [3.05, 3.63) is 65.2 Å². The number of hydrogen-bond acceptors (Lipinski definition) is 2. The maximum absolute atomic E-state index is 2.50. The highest BCUT2D eigenvalue weighted by Gasteiger charge is 2.55. The number of hydrogen-bond donors (Lipinski definition) is 0. The second-order valence-electron chi connectivity index (χ2n) is 6.57. The maximum Gasteiger partial charge on any atom is 0.0956 e. The van der Waals surface area contributed by atoms with Crippen LogP contribution in [0, 0.1) is 6.92 Å². The summed E-state index contributed by atoms with van der Waals surface area (Å²) < 4.78 is 0. The van der Waals surface area contributed by atoms with E-state index in [2.05, 4.69) is 79.3 Å². The molecule has 0 aliphatic carbocycles.